The summed E-state index contributed by atoms with van der Waals surface area (Å²) >= 11 is 0. The number of fused-ring (bicyclic) bond motifs is 1. The first-order valence-corrected chi connectivity index (χ1v) is 6.80. The van der Waals surface area contributed by atoms with E-state index in [0.29, 0.717) is 6.42 Å². The number of carbonyl (C=O) groups is 1. The molecular formula is C15H22N2O. The molecule has 0 bridgehead atoms. The van der Waals surface area contributed by atoms with Gasteiger partial charge >= 0.3 is 0 Å². The van der Waals surface area contributed by atoms with Crippen molar-refractivity contribution in [3.8, 4) is 0 Å². The lowest BCUT2D eigenvalue weighted by Gasteiger charge is -2.25. The number of nitrogens with one attached hydrogen (secondary N) is 1. The Morgan fingerprint density at radius 2 is 2.17 bits per heavy atom. The van der Waals surface area contributed by atoms with Crippen LogP contribution in [0, 0.1) is 0 Å². The van der Waals surface area contributed by atoms with E-state index >= 15 is 0 Å². The summed E-state index contributed by atoms with van der Waals surface area (Å²) in [6, 6.07) is 8.75. The summed E-state index contributed by atoms with van der Waals surface area (Å²) < 4.78 is 0. The maximum atomic E-state index is 11.8. The van der Waals surface area contributed by atoms with Crippen molar-refractivity contribution < 1.29 is 4.79 Å². The zero-order chi connectivity index (χ0) is 13.0. The van der Waals surface area contributed by atoms with Gasteiger partial charge in [0.05, 0.1) is 0 Å². The van der Waals surface area contributed by atoms with E-state index in [0.717, 1.165) is 25.7 Å². The highest BCUT2D eigenvalue weighted by Crippen LogP contribution is 2.21. The van der Waals surface area contributed by atoms with Gasteiger partial charge in [0.25, 0.3) is 0 Å². The van der Waals surface area contributed by atoms with Crippen LogP contribution in [0.4, 0.5) is 0 Å². The third-order valence-corrected chi connectivity index (χ3v) is 3.68. The highest BCUT2D eigenvalue weighted by atomic mass is 16.1. The minimum atomic E-state index is -0.0131. The van der Waals surface area contributed by atoms with Crippen molar-refractivity contribution in [3.63, 3.8) is 0 Å². The Bertz CT molecular complexity index is 417. The van der Waals surface area contributed by atoms with Crippen LogP contribution in [0.1, 0.15) is 37.3 Å². The van der Waals surface area contributed by atoms with Crippen molar-refractivity contribution in [2.75, 3.05) is 0 Å². The molecule has 3 heteroatoms. The fourth-order valence-electron chi connectivity index (χ4n) is 2.49. The summed E-state index contributed by atoms with van der Waals surface area (Å²) in [7, 11) is 0. The molecule has 0 fully saturated rings. The number of nitrogens with two attached hydrogens (primary N) is 1. The van der Waals surface area contributed by atoms with Crippen LogP contribution < -0.4 is 11.1 Å². The van der Waals surface area contributed by atoms with E-state index in [1.54, 1.807) is 0 Å². The number of aryl methyl sites for hydroxylation is 1. The summed E-state index contributed by atoms with van der Waals surface area (Å²) in [5, 5.41) is 3.11. The summed E-state index contributed by atoms with van der Waals surface area (Å²) in [5.41, 5.74) is 8.59. The number of hydrogen-bond acceptors (Lipinski definition) is 2. The van der Waals surface area contributed by atoms with Gasteiger partial charge < -0.3 is 11.1 Å². The van der Waals surface area contributed by atoms with Crippen LogP contribution >= 0.6 is 0 Å². The summed E-state index contributed by atoms with van der Waals surface area (Å²) in [6.07, 6.45) is 4.32. The molecule has 2 unspecified atom stereocenters. The molecule has 1 aliphatic carbocycles. The lowest BCUT2D eigenvalue weighted by molar-refractivity contribution is -0.122. The Kier molecular flexibility index (Phi) is 4.37. The second kappa shape index (κ2) is 6.01. The van der Waals surface area contributed by atoms with E-state index in [1.807, 2.05) is 6.92 Å². The van der Waals surface area contributed by atoms with Gasteiger partial charge in [-0.1, -0.05) is 31.2 Å². The number of hydrogen-bond donors (Lipinski definition) is 2. The van der Waals surface area contributed by atoms with E-state index in [2.05, 4.69) is 29.6 Å². The van der Waals surface area contributed by atoms with Crippen LogP contribution in [0.25, 0.3) is 0 Å². The Morgan fingerprint density at radius 3 is 2.89 bits per heavy atom. The quantitative estimate of drug-likeness (QED) is 0.851. The highest BCUT2D eigenvalue weighted by Gasteiger charge is 2.20. The second-order valence-corrected chi connectivity index (χ2v) is 5.15. The molecule has 1 aliphatic rings. The molecule has 98 valence electrons. The van der Waals surface area contributed by atoms with Gasteiger partial charge in [-0.05, 0) is 36.8 Å². The lowest BCUT2D eigenvalue weighted by atomic mass is 9.88. The highest BCUT2D eigenvalue weighted by molar-refractivity contribution is 5.77. The minimum absolute atomic E-state index is 0.0131. The van der Waals surface area contributed by atoms with Crippen LogP contribution in [-0.2, 0) is 17.6 Å². The molecule has 1 amide bonds. The molecule has 3 N–H and O–H groups in total. The van der Waals surface area contributed by atoms with Gasteiger partial charge in [-0.25, -0.2) is 0 Å². The van der Waals surface area contributed by atoms with Gasteiger partial charge in [-0.2, -0.15) is 0 Å². The fourth-order valence-corrected chi connectivity index (χ4v) is 2.49. The first-order chi connectivity index (χ1) is 8.69. The minimum Gasteiger partial charge on any atom is -0.353 e. The smallest absolute Gasteiger partial charge is 0.221 e. The molecule has 0 radical (unpaired) electrons. The first kappa shape index (κ1) is 13.1. The normalized spacial score (nSPS) is 20.0. The predicted octanol–water partition coefficient (Wildman–Crippen LogP) is 1.79. The van der Waals surface area contributed by atoms with Crippen molar-refractivity contribution in [2.45, 2.75) is 51.1 Å². The maximum Gasteiger partial charge on any atom is 0.221 e. The van der Waals surface area contributed by atoms with Crippen LogP contribution in [0.2, 0.25) is 0 Å². The number of carbonyl (C=O) groups excluding carboxylic acids is 1. The van der Waals surface area contributed by atoms with Gasteiger partial charge in [0.2, 0.25) is 5.91 Å². The maximum absolute atomic E-state index is 11.8. The number of rotatable bonds is 4. The molecule has 0 heterocycles. The van der Waals surface area contributed by atoms with E-state index in [4.69, 9.17) is 5.73 Å². The Labute approximate surface area is 109 Å². The molecule has 0 aliphatic heterocycles. The zero-order valence-corrected chi connectivity index (χ0v) is 11.0. The van der Waals surface area contributed by atoms with Crippen molar-refractivity contribution in [2.24, 2.45) is 5.73 Å². The Morgan fingerprint density at radius 1 is 1.44 bits per heavy atom. The summed E-state index contributed by atoms with van der Waals surface area (Å²) in [5.74, 6) is 0.0914. The molecule has 3 nitrogen and oxygen atoms in total. The molecule has 2 atom stereocenters. The monoisotopic (exact) mass is 246 g/mol. The molecule has 2 rings (SSSR count). The van der Waals surface area contributed by atoms with Crippen LogP contribution in [0.5, 0.6) is 0 Å². The van der Waals surface area contributed by atoms with Gasteiger partial charge in [0, 0.05) is 18.5 Å². The lowest BCUT2D eigenvalue weighted by Crippen LogP contribution is -2.41. The third-order valence-electron chi connectivity index (χ3n) is 3.68. The third kappa shape index (κ3) is 3.33. The zero-order valence-electron chi connectivity index (χ0n) is 11.0. The van der Waals surface area contributed by atoms with Gasteiger partial charge in [0.1, 0.15) is 0 Å². The summed E-state index contributed by atoms with van der Waals surface area (Å²) in [6.45, 7) is 2.01. The van der Waals surface area contributed by atoms with Crippen LogP contribution in [-0.4, -0.2) is 18.0 Å². The topological polar surface area (TPSA) is 55.1 Å². The average molecular weight is 246 g/mol. The van der Waals surface area contributed by atoms with Crippen LogP contribution in [0.3, 0.4) is 0 Å². The van der Waals surface area contributed by atoms with E-state index in [1.165, 1.54) is 11.1 Å². The number of amides is 1. The SMILES string of the molecule is CCC(N)CC(=O)NC1CCc2ccccc2C1. The first-order valence-electron chi connectivity index (χ1n) is 6.80. The van der Waals surface area contributed by atoms with Crippen molar-refractivity contribution in [1.82, 2.24) is 5.32 Å². The number of benzene rings is 1. The Balaban J connectivity index is 1.88. The summed E-state index contributed by atoms with van der Waals surface area (Å²) in [4.78, 5) is 11.8. The van der Waals surface area contributed by atoms with Gasteiger partial charge in [0.15, 0.2) is 0 Å². The predicted molar refractivity (Wildman–Crippen MR) is 73.3 cm³/mol. The van der Waals surface area contributed by atoms with E-state index < -0.39 is 0 Å². The molecular weight excluding hydrogens is 224 g/mol. The van der Waals surface area contributed by atoms with Gasteiger partial charge in [-0.3, -0.25) is 4.79 Å². The van der Waals surface area contributed by atoms with Crippen molar-refractivity contribution in [1.29, 1.82) is 0 Å². The van der Waals surface area contributed by atoms with E-state index in [9.17, 15) is 4.79 Å². The molecule has 0 saturated carbocycles. The van der Waals surface area contributed by atoms with Crippen molar-refractivity contribution >= 4 is 5.91 Å². The largest absolute Gasteiger partial charge is 0.353 e. The molecule has 0 aromatic heterocycles. The standard InChI is InChI=1S/C15H22N2O/c1-2-13(16)10-15(18)17-14-8-7-11-5-3-4-6-12(11)9-14/h3-6,13-14H,2,7-10,16H2,1H3,(H,17,18). The Hall–Kier alpha value is -1.35. The average Bonchev–Trinajstić information content (AvgIpc) is 2.38. The van der Waals surface area contributed by atoms with E-state index in [-0.39, 0.29) is 18.0 Å². The molecule has 1 aromatic rings. The molecule has 1 aromatic carbocycles. The molecule has 18 heavy (non-hydrogen) atoms. The molecule has 0 saturated heterocycles. The van der Waals surface area contributed by atoms with Crippen LogP contribution in [0.15, 0.2) is 24.3 Å². The fraction of sp³-hybridized carbons (Fsp3) is 0.533. The van der Waals surface area contributed by atoms with Gasteiger partial charge in [-0.15, -0.1) is 0 Å². The second-order valence-electron chi connectivity index (χ2n) is 5.15. The van der Waals surface area contributed by atoms with Crippen molar-refractivity contribution in [3.05, 3.63) is 35.4 Å². The molecule has 0 spiro atoms.